The third-order valence-corrected chi connectivity index (χ3v) is 4.18. The molecule has 1 saturated carbocycles. The van der Waals surface area contributed by atoms with Crippen LogP contribution in [0.2, 0.25) is 0 Å². The summed E-state index contributed by atoms with van der Waals surface area (Å²) in [5.74, 6) is 0.842. The second-order valence-corrected chi connectivity index (χ2v) is 5.66. The molecule has 1 fully saturated rings. The average Bonchev–Trinajstić information content (AvgIpc) is 2.81. The Kier molecular flexibility index (Phi) is 4.06. The van der Waals surface area contributed by atoms with Crippen molar-refractivity contribution in [2.24, 2.45) is 5.92 Å². The highest BCUT2D eigenvalue weighted by molar-refractivity contribution is 9.10. The van der Waals surface area contributed by atoms with Gasteiger partial charge in [-0.3, -0.25) is 0 Å². The SMILES string of the molecule is CN(CC1CCCC1)c1ccc(C#N)c(Br)c1. The standard InChI is InChI=1S/C14H17BrN2/c1-17(10-11-4-2-3-5-11)13-7-6-12(9-16)14(15)8-13/h6-8,11H,2-5,10H2,1H3. The van der Waals surface area contributed by atoms with Crippen LogP contribution in [-0.4, -0.2) is 13.6 Å². The van der Waals surface area contributed by atoms with Crippen molar-refractivity contribution in [2.75, 3.05) is 18.5 Å². The summed E-state index contributed by atoms with van der Waals surface area (Å²) in [6.45, 7) is 1.12. The van der Waals surface area contributed by atoms with Crippen LogP contribution in [0.5, 0.6) is 0 Å². The highest BCUT2D eigenvalue weighted by Gasteiger charge is 2.17. The van der Waals surface area contributed by atoms with E-state index in [1.165, 1.54) is 31.4 Å². The van der Waals surface area contributed by atoms with Crippen molar-refractivity contribution in [3.63, 3.8) is 0 Å². The molecule has 0 spiro atoms. The first-order valence-corrected chi connectivity index (χ1v) is 6.91. The summed E-state index contributed by atoms with van der Waals surface area (Å²) in [4.78, 5) is 2.29. The van der Waals surface area contributed by atoms with E-state index in [4.69, 9.17) is 5.26 Å². The summed E-state index contributed by atoms with van der Waals surface area (Å²) in [5.41, 5.74) is 1.88. The van der Waals surface area contributed by atoms with Gasteiger partial charge in [-0.15, -0.1) is 0 Å². The van der Waals surface area contributed by atoms with Gasteiger partial charge in [0.05, 0.1) is 5.56 Å². The molecule has 0 aliphatic heterocycles. The van der Waals surface area contributed by atoms with Crippen LogP contribution in [0.25, 0.3) is 0 Å². The van der Waals surface area contributed by atoms with Gasteiger partial charge in [-0.05, 0) is 52.9 Å². The Bertz CT molecular complexity index is 430. The maximum absolute atomic E-state index is 8.88. The molecule has 1 aliphatic rings. The Morgan fingerprint density at radius 3 is 2.71 bits per heavy atom. The summed E-state index contributed by atoms with van der Waals surface area (Å²) in [5, 5.41) is 8.88. The molecule has 0 heterocycles. The minimum atomic E-state index is 0.697. The van der Waals surface area contributed by atoms with Crippen LogP contribution in [0.15, 0.2) is 22.7 Å². The lowest BCUT2D eigenvalue weighted by atomic mass is 10.1. The predicted octanol–water partition coefficient (Wildman–Crippen LogP) is 3.95. The smallest absolute Gasteiger partial charge is 0.100 e. The van der Waals surface area contributed by atoms with Crippen LogP contribution in [0.3, 0.4) is 0 Å². The molecule has 0 aromatic heterocycles. The van der Waals surface area contributed by atoms with Crippen LogP contribution in [0, 0.1) is 17.2 Å². The van der Waals surface area contributed by atoms with E-state index in [-0.39, 0.29) is 0 Å². The van der Waals surface area contributed by atoms with Crippen molar-refractivity contribution >= 4 is 21.6 Å². The number of anilines is 1. The highest BCUT2D eigenvalue weighted by Crippen LogP contribution is 2.28. The number of nitrogens with zero attached hydrogens (tertiary/aromatic N) is 2. The number of halogens is 1. The number of benzene rings is 1. The zero-order chi connectivity index (χ0) is 12.3. The van der Waals surface area contributed by atoms with Gasteiger partial charge in [0, 0.05) is 23.8 Å². The van der Waals surface area contributed by atoms with E-state index in [0.29, 0.717) is 5.56 Å². The normalized spacial score (nSPS) is 15.8. The van der Waals surface area contributed by atoms with Crippen molar-refractivity contribution in [3.05, 3.63) is 28.2 Å². The van der Waals surface area contributed by atoms with Gasteiger partial charge in [-0.1, -0.05) is 12.8 Å². The van der Waals surface area contributed by atoms with E-state index >= 15 is 0 Å². The summed E-state index contributed by atoms with van der Waals surface area (Å²) >= 11 is 3.44. The molecule has 0 radical (unpaired) electrons. The third kappa shape index (κ3) is 3.01. The Morgan fingerprint density at radius 1 is 1.41 bits per heavy atom. The molecule has 0 saturated heterocycles. The molecule has 2 rings (SSSR count). The lowest BCUT2D eigenvalue weighted by Gasteiger charge is -2.23. The lowest BCUT2D eigenvalue weighted by Crippen LogP contribution is -2.23. The van der Waals surface area contributed by atoms with Crippen molar-refractivity contribution in [1.82, 2.24) is 0 Å². The summed E-state index contributed by atoms with van der Waals surface area (Å²) < 4.78 is 0.885. The number of hydrogen-bond donors (Lipinski definition) is 0. The van der Waals surface area contributed by atoms with Gasteiger partial charge in [0.2, 0.25) is 0 Å². The minimum Gasteiger partial charge on any atom is -0.374 e. The van der Waals surface area contributed by atoms with E-state index in [1.807, 2.05) is 18.2 Å². The zero-order valence-electron chi connectivity index (χ0n) is 10.1. The molecule has 0 unspecified atom stereocenters. The van der Waals surface area contributed by atoms with Crippen LogP contribution >= 0.6 is 15.9 Å². The predicted molar refractivity (Wildman–Crippen MR) is 74.1 cm³/mol. The molecule has 90 valence electrons. The van der Waals surface area contributed by atoms with Crippen molar-refractivity contribution in [3.8, 4) is 6.07 Å². The minimum absolute atomic E-state index is 0.697. The first-order chi connectivity index (χ1) is 8.20. The van der Waals surface area contributed by atoms with E-state index in [2.05, 4.69) is 33.9 Å². The molecule has 2 nitrogen and oxygen atoms in total. The Balaban J connectivity index is 2.06. The van der Waals surface area contributed by atoms with Crippen LogP contribution in [0.1, 0.15) is 31.2 Å². The van der Waals surface area contributed by atoms with Gasteiger partial charge >= 0.3 is 0 Å². The van der Waals surface area contributed by atoms with Crippen LogP contribution < -0.4 is 4.90 Å². The first-order valence-electron chi connectivity index (χ1n) is 6.11. The number of hydrogen-bond acceptors (Lipinski definition) is 2. The molecule has 3 heteroatoms. The van der Waals surface area contributed by atoms with Gasteiger partial charge in [0.1, 0.15) is 6.07 Å². The first kappa shape index (κ1) is 12.4. The maximum Gasteiger partial charge on any atom is 0.100 e. The molecule has 0 bridgehead atoms. The molecular formula is C14H17BrN2. The molecule has 1 aromatic carbocycles. The second-order valence-electron chi connectivity index (χ2n) is 4.81. The fourth-order valence-corrected chi connectivity index (χ4v) is 2.97. The molecule has 17 heavy (non-hydrogen) atoms. The Hall–Kier alpha value is -1.01. The van der Waals surface area contributed by atoms with E-state index < -0.39 is 0 Å². The van der Waals surface area contributed by atoms with Gasteiger partial charge < -0.3 is 4.90 Å². The molecule has 0 atom stereocenters. The maximum atomic E-state index is 8.88. The lowest BCUT2D eigenvalue weighted by molar-refractivity contribution is 0.547. The monoisotopic (exact) mass is 292 g/mol. The van der Waals surface area contributed by atoms with Gasteiger partial charge in [0.25, 0.3) is 0 Å². The van der Waals surface area contributed by atoms with Crippen molar-refractivity contribution in [2.45, 2.75) is 25.7 Å². The summed E-state index contributed by atoms with van der Waals surface area (Å²) in [6, 6.07) is 8.11. The fraction of sp³-hybridized carbons (Fsp3) is 0.500. The zero-order valence-corrected chi connectivity index (χ0v) is 11.7. The average molecular weight is 293 g/mol. The number of nitriles is 1. The summed E-state index contributed by atoms with van der Waals surface area (Å²) in [7, 11) is 2.13. The third-order valence-electron chi connectivity index (χ3n) is 3.52. The number of rotatable bonds is 3. The summed E-state index contributed by atoms with van der Waals surface area (Å²) in [6.07, 6.45) is 5.49. The van der Waals surface area contributed by atoms with Crippen LogP contribution in [-0.2, 0) is 0 Å². The quantitative estimate of drug-likeness (QED) is 0.843. The van der Waals surface area contributed by atoms with Gasteiger partial charge in [-0.25, -0.2) is 0 Å². The molecule has 1 aliphatic carbocycles. The topological polar surface area (TPSA) is 27.0 Å². The van der Waals surface area contributed by atoms with Gasteiger partial charge in [-0.2, -0.15) is 5.26 Å². The van der Waals surface area contributed by atoms with Gasteiger partial charge in [0.15, 0.2) is 0 Å². The highest BCUT2D eigenvalue weighted by atomic mass is 79.9. The molecule has 0 amide bonds. The van der Waals surface area contributed by atoms with E-state index in [1.54, 1.807) is 0 Å². The van der Waals surface area contributed by atoms with Crippen LogP contribution in [0.4, 0.5) is 5.69 Å². The molecule has 1 aromatic rings. The van der Waals surface area contributed by atoms with Crippen molar-refractivity contribution in [1.29, 1.82) is 5.26 Å². The largest absolute Gasteiger partial charge is 0.374 e. The van der Waals surface area contributed by atoms with E-state index in [9.17, 15) is 0 Å². The second kappa shape index (κ2) is 5.55. The fourth-order valence-electron chi connectivity index (χ4n) is 2.52. The van der Waals surface area contributed by atoms with E-state index in [0.717, 1.165) is 16.9 Å². The Morgan fingerprint density at radius 2 is 2.12 bits per heavy atom. The Labute approximate surface area is 111 Å². The molecule has 0 N–H and O–H groups in total. The van der Waals surface area contributed by atoms with Crippen molar-refractivity contribution < 1.29 is 0 Å². The molecular weight excluding hydrogens is 276 g/mol.